The minimum atomic E-state index is -1.18. The summed E-state index contributed by atoms with van der Waals surface area (Å²) in [6.07, 6.45) is 1.20. The first kappa shape index (κ1) is 46.1. The van der Waals surface area contributed by atoms with Gasteiger partial charge >= 0.3 is 12.1 Å². The Hall–Kier alpha value is -4.95. The summed E-state index contributed by atoms with van der Waals surface area (Å²) in [4.78, 5) is 93.5. The maximum Gasteiger partial charge on any atom is 0.408 e. The number of amides is 6. The Morgan fingerprint density at radius 2 is 1.32 bits per heavy atom. The molecule has 15 heteroatoms. The van der Waals surface area contributed by atoms with E-state index in [1.807, 2.05) is 6.92 Å². The monoisotopic (exact) mass is 744 g/mol. The molecular formula is C38H60N6O9. The summed E-state index contributed by atoms with van der Waals surface area (Å²) in [6, 6.07) is 2.47. The number of alkyl carbamates (subject to hydrolysis) is 1. The van der Waals surface area contributed by atoms with Crippen molar-refractivity contribution in [2.45, 2.75) is 124 Å². The normalized spacial score (nSPS) is 15.2. The fourth-order valence-electron chi connectivity index (χ4n) is 5.06. The van der Waals surface area contributed by atoms with Crippen molar-refractivity contribution >= 4 is 41.6 Å². The van der Waals surface area contributed by atoms with Gasteiger partial charge in [0.15, 0.2) is 0 Å². The quantitative estimate of drug-likeness (QED) is 0.104. The molecule has 0 radical (unpaired) electrons. The fraction of sp³-hybridized carbons (Fsp3) is 0.605. The molecule has 5 N–H and O–H groups in total. The summed E-state index contributed by atoms with van der Waals surface area (Å²) in [5, 5.41) is 13.1. The van der Waals surface area contributed by atoms with Crippen molar-refractivity contribution in [2.24, 2.45) is 11.8 Å². The van der Waals surface area contributed by atoms with Gasteiger partial charge in [0.25, 0.3) is 0 Å². The average molecular weight is 745 g/mol. The molecule has 0 spiro atoms. The highest BCUT2D eigenvalue weighted by atomic mass is 16.6. The molecule has 296 valence electrons. The molecule has 0 bridgehead atoms. The van der Waals surface area contributed by atoms with Crippen LogP contribution in [0.3, 0.4) is 0 Å². The Kier molecular flexibility index (Phi) is 18.7. The van der Waals surface area contributed by atoms with Crippen LogP contribution >= 0.6 is 0 Å². The van der Waals surface area contributed by atoms with E-state index >= 15 is 0 Å². The molecule has 0 aliphatic carbocycles. The van der Waals surface area contributed by atoms with Crippen LogP contribution < -0.4 is 26.6 Å². The van der Waals surface area contributed by atoms with Crippen molar-refractivity contribution in [1.82, 2.24) is 31.5 Å². The Labute approximate surface area is 313 Å². The van der Waals surface area contributed by atoms with Crippen LogP contribution in [-0.2, 0) is 44.7 Å². The molecule has 0 unspecified atom stereocenters. The number of hydrogen-bond acceptors (Lipinski definition) is 9. The first-order chi connectivity index (χ1) is 24.7. The van der Waals surface area contributed by atoms with Crippen molar-refractivity contribution in [3.05, 3.63) is 48.6 Å². The molecule has 1 aromatic rings. The van der Waals surface area contributed by atoms with Gasteiger partial charge in [0.2, 0.25) is 29.5 Å². The average Bonchev–Trinajstić information content (AvgIpc) is 3.09. The number of nitrogens with zero attached hydrogens (tertiary/aromatic N) is 1. The highest BCUT2D eigenvalue weighted by Gasteiger charge is 2.36. The summed E-state index contributed by atoms with van der Waals surface area (Å²) >= 11 is 0. The van der Waals surface area contributed by atoms with Gasteiger partial charge in [0.1, 0.15) is 41.9 Å². The molecule has 0 saturated heterocycles. The maximum absolute atomic E-state index is 14.2. The van der Waals surface area contributed by atoms with Crippen LogP contribution in [0.5, 0.6) is 0 Å². The third kappa shape index (κ3) is 15.3. The number of carbonyl (C=O) groups excluding carboxylic acids is 7. The van der Waals surface area contributed by atoms with E-state index in [4.69, 9.17) is 9.47 Å². The Balaban J connectivity index is 3.29. The van der Waals surface area contributed by atoms with Crippen molar-refractivity contribution in [1.29, 1.82) is 0 Å². The van der Waals surface area contributed by atoms with Gasteiger partial charge in [-0.05, 0) is 58.9 Å². The first-order valence-electron chi connectivity index (χ1n) is 17.9. The zero-order valence-electron chi connectivity index (χ0n) is 33.0. The number of rotatable bonds is 19. The van der Waals surface area contributed by atoms with E-state index in [1.165, 1.54) is 38.9 Å². The third-order valence-corrected chi connectivity index (χ3v) is 8.44. The molecule has 0 fully saturated rings. The van der Waals surface area contributed by atoms with Gasteiger partial charge in [-0.15, -0.1) is 6.58 Å². The van der Waals surface area contributed by atoms with Crippen LogP contribution in [0, 0.1) is 11.8 Å². The van der Waals surface area contributed by atoms with E-state index in [-0.39, 0.29) is 24.8 Å². The zero-order chi connectivity index (χ0) is 40.6. The lowest BCUT2D eigenvalue weighted by Crippen LogP contribution is -2.61. The lowest BCUT2D eigenvalue weighted by molar-refractivity contribution is -0.147. The minimum absolute atomic E-state index is 0.0483. The number of ether oxygens (including phenoxy) is 2. The molecule has 53 heavy (non-hydrogen) atoms. The van der Waals surface area contributed by atoms with Gasteiger partial charge in [-0.2, -0.15) is 0 Å². The van der Waals surface area contributed by atoms with Crippen molar-refractivity contribution < 1.29 is 43.0 Å². The maximum atomic E-state index is 14.2. The number of hydrogen-bond donors (Lipinski definition) is 5. The molecule has 0 aliphatic heterocycles. The van der Waals surface area contributed by atoms with E-state index in [0.29, 0.717) is 12.0 Å². The van der Waals surface area contributed by atoms with Gasteiger partial charge in [-0.3, -0.25) is 24.0 Å². The van der Waals surface area contributed by atoms with E-state index in [0.717, 1.165) is 0 Å². The molecular weight excluding hydrogens is 684 g/mol. The van der Waals surface area contributed by atoms with E-state index in [1.54, 1.807) is 71.9 Å². The summed E-state index contributed by atoms with van der Waals surface area (Å²) in [5.74, 6) is -4.43. The lowest BCUT2D eigenvalue weighted by atomic mass is 9.96. The first-order valence-corrected chi connectivity index (χ1v) is 17.9. The fourth-order valence-corrected chi connectivity index (χ4v) is 5.06. The Morgan fingerprint density at radius 3 is 1.83 bits per heavy atom. The second-order valence-corrected chi connectivity index (χ2v) is 14.4. The second-order valence-electron chi connectivity index (χ2n) is 14.4. The molecule has 1 aromatic carbocycles. The number of carbonyl (C=O) groups is 7. The zero-order valence-corrected chi connectivity index (χ0v) is 33.0. The van der Waals surface area contributed by atoms with Gasteiger partial charge in [0.05, 0.1) is 7.11 Å². The van der Waals surface area contributed by atoms with Crippen molar-refractivity contribution in [2.75, 3.05) is 13.7 Å². The molecule has 0 aliphatic rings. The highest BCUT2D eigenvalue weighted by Crippen LogP contribution is 2.14. The van der Waals surface area contributed by atoms with Crippen LogP contribution in [0.25, 0.3) is 0 Å². The predicted molar refractivity (Wildman–Crippen MR) is 200 cm³/mol. The van der Waals surface area contributed by atoms with E-state index < -0.39 is 83.5 Å². The van der Waals surface area contributed by atoms with Gasteiger partial charge in [-0.25, -0.2) is 9.59 Å². The SMILES string of the molecule is C=CCN(C(=O)[C@H](Cc1ccccc1)NC(=O)[C@H](C)NC(=O)[C@H](C)NC(=O)OC(C)(C)C)[C@@H](C)C(=O)N[C@H](C(=O)N[C@H](C(=O)OC)C(C)C)[C@@H](C)CC. The third-order valence-electron chi connectivity index (χ3n) is 8.44. The Morgan fingerprint density at radius 1 is 0.774 bits per heavy atom. The number of benzene rings is 1. The smallest absolute Gasteiger partial charge is 0.408 e. The molecule has 6 amide bonds. The van der Waals surface area contributed by atoms with Crippen LogP contribution in [0.2, 0.25) is 0 Å². The number of methoxy groups -OCH3 is 1. The van der Waals surface area contributed by atoms with Crippen LogP contribution in [-0.4, -0.2) is 102 Å². The van der Waals surface area contributed by atoms with Gasteiger partial charge < -0.3 is 41.0 Å². The number of esters is 1. The van der Waals surface area contributed by atoms with E-state index in [9.17, 15) is 33.6 Å². The second kappa shape index (κ2) is 21.5. The minimum Gasteiger partial charge on any atom is -0.467 e. The molecule has 0 heterocycles. The summed E-state index contributed by atoms with van der Waals surface area (Å²) in [7, 11) is 1.22. The highest BCUT2D eigenvalue weighted by molar-refractivity contribution is 5.96. The molecule has 0 aromatic heterocycles. The van der Waals surface area contributed by atoms with Crippen molar-refractivity contribution in [3.63, 3.8) is 0 Å². The summed E-state index contributed by atoms with van der Waals surface area (Å²) < 4.78 is 10.0. The Bertz CT molecular complexity index is 1430. The van der Waals surface area contributed by atoms with Gasteiger partial charge in [-0.1, -0.05) is 70.5 Å². The standard InChI is InChI=1S/C38H60N6O9/c1-13-20-44(26(8)33(47)43-30(23(5)14-2)34(48)42-29(22(3)4)36(50)52-12)35(49)28(21-27-18-16-15-17-19-27)41-32(46)24(6)39-31(45)25(7)40-37(51)53-38(9,10)11/h13,15-19,22-26,28-30H,1,14,20-21H2,2-12H3,(H,39,45)(H,40,51)(H,41,46)(H,42,48)(H,43,47)/t23-,24-,25-,26-,28-,29-,30-/m0/s1. The van der Waals surface area contributed by atoms with Crippen LogP contribution in [0.4, 0.5) is 4.79 Å². The van der Waals surface area contributed by atoms with E-state index in [2.05, 4.69) is 33.2 Å². The van der Waals surface area contributed by atoms with Crippen LogP contribution in [0.1, 0.15) is 81.2 Å². The van der Waals surface area contributed by atoms with Crippen molar-refractivity contribution in [3.8, 4) is 0 Å². The molecule has 7 atom stereocenters. The topological polar surface area (TPSA) is 201 Å². The van der Waals surface area contributed by atoms with Gasteiger partial charge in [0, 0.05) is 13.0 Å². The predicted octanol–water partition coefficient (Wildman–Crippen LogP) is 2.38. The molecule has 1 rings (SSSR count). The molecule has 15 nitrogen and oxygen atoms in total. The van der Waals surface area contributed by atoms with Crippen LogP contribution in [0.15, 0.2) is 43.0 Å². The molecule has 0 saturated carbocycles. The lowest BCUT2D eigenvalue weighted by Gasteiger charge is -2.33. The number of nitrogens with one attached hydrogen (secondary N) is 5. The summed E-state index contributed by atoms with van der Waals surface area (Å²) in [5.41, 5.74) is -0.0640. The largest absolute Gasteiger partial charge is 0.467 e. The summed E-state index contributed by atoms with van der Waals surface area (Å²) in [6.45, 7) is 20.2.